The monoisotopic (exact) mass is 1860 g/mol. The summed E-state index contributed by atoms with van der Waals surface area (Å²) in [6.45, 7) is 0. The van der Waals surface area contributed by atoms with E-state index in [9.17, 15) is 0 Å². The van der Waals surface area contributed by atoms with Crippen molar-refractivity contribution >= 4 is 139 Å². The standard InChI is InChI=1S/C46H30N4.C43H26N4S.C40H24N4S/c1-3-11-30(12-4-1)31-19-21-33(22-20-31)45-47-44(32-13-5-2-6-14-32)48-46(49-45)34-23-25-37(26-24-34)50-42-18-10-9-17-39(42)41-29-40-36(28-43(41)50)27-35-15-7-8-16-38(35)40;1-3-13-27(14-4-1)41-44-42(28-15-5-2-6-16-28)46-43(45-41)33-23-24-37(30-18-8-7-17-29(30)33)47-36-21-11-9-19-31(36)34-25-35-32-20-10-12-22-39(32)48-40(35)26-38(34)47;1-2-11-24(12-3-1)38-41-39(30-18-10-17-27-26-14-5-4-13-25(26)21-31(27)30)43-40(42-38)44-34-19-8-6-15-28(34)32-22-33-29-16-7-9-20-36(29)45-37(33)23-35(32)44/h1-26,28-29H,27H2;1-26H;1-20,22-23H,21H2. The molecule has 668 valence electrons. The molecule has 0 saturated carbocycles. The van der Waals surface area contributed by atoms with E-state index in [4.69, 9.17) is 44.9 Å². The third-order valence-corrected chi connectivity index (χ3v) is 30.5. The second kappa shape index (κ2) is 34.3. The zero-order valence-electron chi connectivity index (χ0n) is 77.0. The smallest absolute Gasteiger partial charge is 0.238 e. The lowest BCUT2D eigenvalue weighted by atomic mass is 10.0. The van der Waals surface area contributed by atoms with Crippen LogP contribution in [0.15, 0.2) is 461 Å². The van der Waals surface area contributed by atoms with Crippen molar-refractivity contribution in [3.05, 3.63) is 483 Å². The van der Waals surface area contributed by atoms with Gasteiger partial charge >= 0.3 is 0 Å². The Morgan fingerprint density at radius 1 is 0.168 bits per heavy atom. The summed E-state index contributed by atoms with van der Waals surface area (Å²) in [4.78, 5) is 45.6. The van der Waals surface area contributed by atoms with Gasteiger partial charge in [0, 0.05) is 128 Å². The van der Waals surface area contributed by atoms with Gasteiger partial charge in [-0.25, -0.2) is 34.9 Å². The van der Waals surface area contributed by atoms with E-state index in [0.717, 1.165) is 96.1 Å². The molecule has 0 bridgehead atoms. The highest BCUT2D eigenvalue weighted by Gasteiger charge is 2.29. The number of thiophene rings is 2. The Balaban J connectivity index is 0.000000105. The molecule has 8 aromatic heterocycles. The highest BCUT2D eigenvalue weighted by molar-refractivity contribution is 7.26. The van der Waals surface area contributed by atoms with Gasteiger partial charge in [-0.3, -0.25) is 4.57 Å². The minimum absolute atomic E-state index is 0.624. The van der Waals surface area contributed by atoms with Crippen LogP contribution in [0.3, 0.4) is 0 Å². The number of para-hydroxylation sites is 3. The summed E-state index contributed by atoms with van der Waals surface area (Å²) >= 11 is 3.69. The molecule has 0 spiro atoms. The van der Waals surface area contributed by atoms with Gasteiger partial charge in [0.1, 0.15) is 0 Å². The second-order valence-corrected chi connectivity index (χ2v) is 38.7. The molecule has 2 aliphatic carbocycles. The first kappa shape index (κ1) is 82.8. The number of aromatic nitrogens is 12. The molecule has 12 nitrogen and oxygen atoms in total. The molecule has 0 fully saturated rings. The number of hydrogen-bond acceptors (Lipinski definition) is 11. The Labute approximate surface area is 829 Å². The molecule has 8 heterocycles. The molecule has 0 radical (unpaired) electrons. The van der Waals surface area contributed by atoms with Gasteiger partial charge in [0.15, 0.2) is 46.6 Å². The van der Waals surface area contributed by atoms with Gasteiger partial charge in [-0.05, 0) is 177 Å². The van der Waals surface area contributed by atoms with Crippen LogP contribution >= 0.6 is 22.7 Å². The number of benzene rings is 20. The van der Waals surface area contributed by atoms with Crippen molar-refractivity contribution in [2.24, 2.45) is 0 Å². The Bertz CT molecular complexity index is 9910. The molecular formula is C129H80N12S2. The molecule has 0 saturated heterocycles. The van der Waals surface area contributed by atoms with Gasteiger partial charge in [0.25, 0.3) is 0 Å². The molecule has 28 aromatic rings. The summed E-state index contributed by atoms with van der Waals surface area (Å²) < 4.78 is 12.2. The number of nitrogens with zero attached hydrogens (tertiary/aromatic N) is 12. The molecule has 0 amide bonds. The summed E-state index contributed by atoms with van der Waals surface area (Å²) in [5, 5.41) is 14.8. The third kappa shape index (κ3) is 14.4. The minimum Gasteiger partial charge on any atom is -0.309 e. The number of hydrogen-bond donors (Lipinski definition) is 0. The highest BCUT2D eigenvalue weighted by Crippen LogP contribution is 2.49. The van der Waals surface area contributed by atoms with E-state index in [0.29, 0.717) is 52.5 Å². The van der Waals surface area contributed by atoms with Crippen LogP contribution in [0, 0.1) is 0 Å². The molecule has 0 unspecified atom stereocenters. The minimum atomic E-state index is 0.624. The molecule has 0 aliphatic heterocycles. The Hall–Kier alpha value is -18.5. The van der Waals surface area contributed by atoms with Crippen molar-refractivity contribution in [3.63, 3.8) is 0 Å². The van der Waals surface area contributed by atoms with E-state index < -0.39 is 0 Å². The predicted molar refractivity (Wildman–Crippen MR) is 591 cm³/mol. The van der Waals surface area contributed by atoms with Crippen molar-refractivity contribution in [2.75, 3.05) is 0 Å². The van der Waals surface area contributed by atoms with Gasteiger partial charge in [0.2, 0.25) is 5.95 Å². The fourth-order valence-electron chi connectivity index (χ4n) is 21.5. The van der Waals surface area contributed by atoms with Crippen LogP contribution in [0.1, 0.15) is 22.3 Å². The summed E-state index contributed by atoms with van der Waals surface area (Å²) in [5.74, 6) is 5.89. The number of fused-ring (bicyclic) bond motifs is 22. The predicted octanol–water partition coefficient (Wildman–Crippen LogP) is 32.9. The van der Waals surface area contributed by atoms with E-state index >= 15 is 0 Å². The van der Waals surface area contributed by atoms with Crippen molar-refractivity contribution in [1.29, 1.82) is 0 Å². The van der Waals surface area contributed by atoms with Crippen molar-refractivity contribution in [3.8, 4) is 142 Å². The summed E-state index contributed by atoms with van der Waals surface area (Å²) in [5.41, 5.74) is 29.9. The maximum atomic E-state index is 5.28. The summed E-state index contributed by atoms with van der Waals surface area (Å²) in [6, 6.07) is 163. The van der Waals surface area contributed by atoms with E-state index in [-0.39, 0.29) is 0 Å². The average Bonchev–Trinajstić information content (AvgIpc) is 1.57. The topological polar surface area (TPSA) is 131 Å². The largest absolute Gasteiger partial charge is 0.309 e. The highest BCUT2D eigenvalue weighted by atomic mass is 32.1. The third-order valence-electron chi connectivity index (χ3n) is 28.3. The van der Waals surface area contributed by atoms with Crippen LogP contribution < -0.4 is 0 Å². The van der Waals surface area contributed by atoms with Crippen LogP contribution in [0.5, 0.6) is 0 Å². The van der Waals surface area contributed by atoms with Gasteiger partial charge < -0.3 is 9.13 Å². The average molecular weight is 1860 g/mol. The Morgan fingerprint density at radius 2 is 0.517 bits per heavy atom. The number of rotatable bonds is 12. The quantitative estimate of drug-likeness (QED) is 0.117. The first-order valence-corrected chi connectivity index (χ1v) is 49.8. The lowest BCUT2D eigenvalue weighted by Crippen LogP contribution is -2.07. The summed E-state index contributed by atoms with van der Waals surface area (Å²) in [6.07, 6.45) is 1.82. The van der Waals surface area contributed by atoms with Gasteiger partial charge in [-0.1, -0.05) is 358 Å². The molecule has 14 heteroatoms. The van der Waals surface area contributed by atoms with Crippen LogP contribution in [-0.2, 0) is 12.8 Å². The van der Waals surface area contributed by atoms with Crippen LogP contribution in [-0.4, -0.2) is 58.6 Å². The van der Waals surface area contributed by atoms with Crippen LogP contribution in [0.25, 0.3) is 258 Å². The van der Waals surface area contributed by atoms with Gasteiger partial charge in [-0.2, -0.15) is 9.97 Å². The van der Waals surface area contributed by atoms with Crippen LogP contribution in [0.2, 0.25) is 0 Å². The first-order valence-electron chi connectivity index (χ1n) is 48.2. The normalized spacial score (nSPS) is 12.0. The molecule has 0 N–H and O–H groups in total. The molecule has 2 aliphatic rings. The van der Waals surface area contributed by atoms with Crippen LogP contribution in [0.4, 0.5) is 0 Å². The van der Waals surface area contributed by atoms with Crippen molar-refractivity contribution < 1.29 is 0 Å². The maximum Gasteiger partial charge on any atom is 0.238 e. The Morgan fingerprint density at radius 3 is 1.05 bits per heavy atom. The molecule has 0 atom stereocenters. The lowest BCUT2D eigenvalue weighted by molar-refractivity contribution is 0.952. The van der Waals surface area contributed by atoms with Gasteiger partial charge in [0.05, 0.1) is 38.8 Å². The van der Waals surface area contributed by atoms with Gasteiger partial charge in [-0.15, -0.1) is 22.7 Å². The lowest BCUT2D eigenvalue weighted by Gasteiger charge is -2.15. The first-order chi connectivity index (χ1) is 70.9. The maximum absolute atomic E-state index is 5.28. The fraction of sp³-hybridized carbons (Fsp3) is 0.0155. The van der Waals surface area contributed by atoms with Crippen molar-refractivity contribution in [1.82, 2.24) is 58.6 Å². The van der Waals surface area contributed by atoms with Crippen molar-refractivity contribution in [2.45, 2.75) is 12.8 Å². The molecule has 20 aromatic carbocycles. The SMILES string of the molecule is c1ccc(-c2ccc(-c3nc(-c4ccccc4)nc(-c4ccc(-n5c6ccccc6c6cc7c(cc65)Cc5ccccc5-7)cc4)n3)cc2)cc1.c1ccc(-c2nc(-c3cccc4c3Cc3ccccc3-4)nc(-n3c4ccccc4c4cc5c(cc43)sc3ccccc35)n2)cc1.c1ccc(-c2nc(-c3ccccc3)nc(-c3ccc(-n4c5ccccc5c5cc6c(cc54)sc4ccccc46)c4ccccc34)n2)cc1. The van der Waals surface area contributed by atoms with E-state index in [1.54, 1.807) is 0 Å². The summed E-state index contributed by atoms with van der Waals surface area (Å²) in [7, 11) is 0. The zero-order chi connectivity index (χ0) is 94.1. The molecular weight excluding hydrogens is 1780 g/mol. The van der Waals surface area contributed by atoms with E-state index in [2.05, 4.69) is 359 Å². The Kier molecular flexibility index (Phi) is 19.9. The molecule has 143 heavy (non-hydrogen) atoms. The van der Waals surface area contributed by atoms with E-state index in [1.165, 1.54) is 145 Å². The molecule has 30 rings (SSSR count). The fourth-order valence-corrected chi connectivity index (χ4v) is 23.8. The zero-order valence-corrected chi connectivity index (χ0v) is 78.6. The second-order valence-electron chi connectivity index (χ2n) is 36.5. The van der Waals surface area contributed by atoms with E-state index in [1.807, 2.05) is 138 Å².